The molecule has 0 N–H and O–H groups in total. The zero-order chi connectivity index (χ0) is 13.4. The summed E-state index contributed by atoms with van der Waals surface area (Å²) < 4.78 is 0. The van der Waals surface area contributed by atoms with Crippen LogP contribution in [0.2, 0.25) is 0 Å². The molecule has 1 radical (unpaired) electrons. The van der Waals surface area contributed by atoms with Gasteiger partial charge in [0, 0.05) is 24.0 Å². The van der Waals surface area contributed by atoms with E-state index in [2.05, 4.69) is 36.1 Å². The van der Waals surface area contributed by atoms with E-state index in [1.807, 2.05) is 18.2 Å². The molecule has 4 rings (SSSR count). The van der Waals surface area contributed by atoms with Gasteiger partial charge < -0.3 is 0 Å². The van der Waals surface area contributed by atoms with Crippen molar-refractivity contribution in [3.8, 4) is 11.5 Å². The Balaban J connectivity index is 1.91. The molecule has 0 saturated heterocycles. The highest BCUT2D eigenvalue weighted by Gasteiger charge is 2.08. The minimum Gasteiger partial charge on any atom is -0.240 e. The highest BCUT2D eigenvalue weighted by molar-refractivity contribution is 5.76. The first-order chi connectivity index (χ1) is 9.90. The molecule has 0 aromatic carbocycles. The standard InChI is InChI=1S/C14H7N6/c1-3-9-7-18-14(20-12(9)15-5-1)11-8-17-10-4-2-6-16-13(10)19-11/h1-7H. The van der Waals surface area contributed by atoms with Gasteiger partial charge in [-0.2, -0.15) is 0 Å². The predicted octanol–water partition coefficient (Wildman–Crippen LogP) is 1.83. The number of pyridine rings is 2. The van der Waals surface area contributed by atoms with Crippen LogP contribution in [0.4, 0.5) is 0 Å². The van der Waals surface area contributed by atoms with Crippen LogP contribution in [0.15, 0.2) is 42.9 Å². The van der Waals surface area contributed by atoms with Crippen molar-refractivity contribution in [3.63, 3.8) is 0 Å². The maximum absolute atomic E-state index is 4.37. The molecule has 20 heavy (non-hydrogen) atoms. The molecular formula is C14H7N6. The van der Waals surface area contributed by atoms with Gasteiger partial charge in [0.05, 0.1) is 0 Å². The first-order valence-corrected chi connectivity index (χ1v) is 5.99. The average Bonchev–Trinajstić information content (AvgIpc) is 2.54. The van der Waals surface area contributed by atoms with E-state index in [0.29, 0.717) is 28.3 Å². The second-order valence-corrected chi connectivity index (χ2v) is 4.14. The predicted molar refractivity (Wildman–Crippen MR) is 72.5 cm³/mol. The van der Waals surface area contributed by atoms with Crippen molar-refractivity contribution in [2.24, 2.45) is 0 Å². The quantitative estimate of drug-likeness (QED) is 0.519. The molecular weight excluding hydrogens is 252 g/mol. The van der Waals surface area contributed by atoms with Gasteiger partial charge in [-0.05, 0) is 24.3 Å². The third-order valence-corrected chi connectivity index (χ3v) is 2.83. The average molecular weight is 259 g/mol. The van der Waals surface area contributed by atoms with Crippen molar-refractivity contribution >= 4 is 22.2 Å². The zero-order valence-electron chi connectivity index (χ0n) is 10.2. The summed E-state index contributed by atoms with van der Waals surface area (Å²) in [5.41, 5.74) is 2.32. The largest absolute Gasteiger partial charge is 0.240 e. The van der Waals surface area contributed by atoms with E-state index in [1.165, 1.54) is 0 Å². The lowest BCUT2D eigenvalue weighted by Crippen LogP contribution is -1.96. The number of rotatable bonds is 1. The molecule has 0 atom stereocenters. The monoisotopic (exact) mass is 259 g/mol. The molecule has 0 aliphatic heterocycles. The summed E-state index contributed by atoms with van der Waals surface area (Å²) in [7, 11) is 0. The lowest BCUT2D eigenvalue weighted by Gasteiger charge is -2.01. The van der Waals surface area contributed by atoms with Gasteiger partial charge in [-0.1, -0.05) is 0 Å². The fourth-order valence-corrected chi connectivity index (χ4v) is 1.88. The van der Waals surface area contributed by atoms with Crippen LogP contribution in [-0.4, -0.2) is 29.9 Å². The van der Waals surface area contributed by atoms with E-state index < -0.39 is 0 Å². The van der Waals surface area contributed by atoms with Crippen LogP contribution in [-0.2, 0) is 0 Å². The summed E-state index contributed by atoms with van der Waals surface area (Å²) in [5, 5.41) is 0.878. The van der Waals surface area contributed by atoms with Crippen LogP contribution in [0.3, 0.4) is 0 Å². The molecule has 0 unspecified atom stereocenters. The molecule has 4 heterocycles. The summed E-state index contributed by atoms with van der Waals surface area (Å²) in [4.78, 5) is 25.6. The fraction of sp³-hybridized carbons (Fsp3) is 0. The second-order valence-electron chi connectivity index (χ2n) is 4.14. The molecule has 0 aliphatic carbocycles. The molecule has 6 nitrogen and oxygen atoms in total. The Labute approximate surface area is 113 Å². The van der Waals surface area contributed by atoms with Crippen LogP contribution >= 0.6 is 0 Å². The Kier molecular flexibility index (Phi) is 2.32. The molecule has 0 spiro atoms. The van der Waals surface area contributed by atoms with Gasteiger partial charge in [0.2, 0.25) is 0 Å². The highest BCUT2D eigenvalue weighted by Crippen LogP contribution is 2.15. The lowest BCUT2D eigenvalue weighted by molar-refractivity contribution is 1.13. The lowest BCUT2D eigenvalue weighted by atomic mass is 10.3. The van der Waals surface area contributed by atoms with Gasteiger partial charge >= 0.3 is 0 Å². The van der Waals surface area contributed by atoms with Crippen molar-refractivity contribution < 1.29 is 0 Å². The highest BCUT2D eigenvalue weighted by atomic mass is 15.0. The molecule has 0 amide bonds. The number of nitrogens with zero attached hydrogens (tertiary/aromatic N) is 6. The third-order valence-electron chi connectivity index (χ3n) is 2.83. The van der Waals surface area contributed by atoms with Crippen molar-refractivity contribution in [1.29, 1.82) is 0 Å². The molecule has 4 aromatic heterocycles. The molecule has 0 saturated carbocycles. The van der Waals surface area contributed by atoms with Gasteiger partial charge in [0.15, 0.2) is 17.1 Å². The van der Waals surface area contributed by atoms with Gasteiger partial charge in [-0.15, -0.1) is 0 Å². The first-order valence-electron chi connectivity index (χ1n) is 5.99. The maximum Gasteiger partial charge on any atom is 0.182 e. The van der Waals surface area contributed by atoms with Gasteiger partial charge in [-0.25, -0.2) is 29.9 Å². The smallest absolute Gasteiger partial charge is 0.182 e. The third kappa shape index (κ3) is 1.74. The molecule has 4 aromatic rings. The van der Waals surface area contributed by atoms with Crippen molar-refractivity contribution in [2.75, 3.05) is 0 Å². The Morgan fingerprint density at radius 1 is 0.850 bits per heavy atom. The summed E-state index contributed by atoms with van der Waals surface area (Å²) in [6.07, 6.45) is 7.91. The first kappa shape index (κ1) is 10.9. The van der Waals surface area contributed by atoms with E-state index in [0.717, 1.165) is 5.39 Å². The summed E-state index contributed by atoms with van der Waals surface area (Å²) in [6.45, 7) is 0. The number of hydrogen-bond donors (Lipinski definition) is 0. The van der Waals surface area contributed by atoms with E-state index >= 15 is 0 Å². The van der Waals surface area contributed by atoms with Gasteiger partial charge in [0.25, 0.3) is 0 Å². The van der Waals surface area contributed by atoms with Crippen LogP contribution in [0.5, 0.6) is 0 Å². The minimum atomic E-state index is 0.441. The van der Waals surface area contributed by atoms with Crippen molar-refractivity contribution in [1.82, 2.24) is 29.9 Å². The summed E-state index contributed by atoms with van der Waals surface area (Å²) in [6, 6.07) is 7.39. The van der Waals surface area contributed by atoms with Gasteiger partial charge in [0.1, 0.15) is 17.4 Å². The van der Waals surface area contributed by atoms with Crippen LogP contribution < -0.4 is 0 Å². The Morgan fingerprint density at radius 2 is 1.70 bits per heavy atom. The normalized spacial score (nSPS) is 11.0. The molecule has 6 heteroatoms. The fourth-order valence-electron chi connectivity index (χ4n) is 1.88. The zero-order valence-corrected chi connectivity index (χ0v) is 10.2. The molecule has 0 aliphatic rings. The Bertz CT molecular complexity index is 844. The number of fused-ring (bicyclic) bond motifs is 2. The molecule has 0 fully saturated rings. The van der Waals surface area contributed by atoms with Crippen molar-refractivity contribution in [3.05, 3.63) is 49.1 Å². The maximum atomic E-state index is 4.37. The molecule has 93 valence electrons. The van der Waals surface area contributed by atoms with Gasteiger partial charge in [-0.3, -0.25) is 0 Å². The minimum absolute atomic E-state index is 0.441. The number of hydrogen-bond acceptors (Lipinski definition) is 6. The van der Waals surface area contributed by atoms with E-state index in [4.69, 9.17) is 0 Å². The molecule has 0 bridgehead atoms. The Morgan fingerprint density at radius 3 is 2.65 bits per heavy atom. The second kappa shape index (κ2) is 4.27. The van der Waals surface area contributed by atoms with E-state index in [1.54, 1.807) is 24.7 Å². The SMILES string of the molecule is [c]1nc2cccnc2nc1-c1ncc2cccnc2n1. The van der Waals surface area contributed by atoms with Crippen LogP contribution in [0.25, 0.3) is 33.7 Å². The summed E-state index contributed by atoms with van der Waals surface area (Å²) in [5.74, 6) is 0.441. The van der Waals surface area contributed by atoms with Crippen LogP contribution in [0.1, 0.15) is 0 Å². The van der Waals surface area contributed by atoms with E-state index in [9.17, 15) is 0 Å². The summed E-state index contributed by atoms with van der Waals surface area (Å²) >= 11 is 0. The topological polar surface area (TPSA) is 77.3 Å². The number of aromatic nitrogens is 6. The Hall–Kier alpha value is -3.02. The van der Waals surface area contributed by atoms with E-state index in [-0.39, 0.29) is 0 Å². The van der Waals surface area contributed by atoms with Crippen molar-refractivity contribution in [2.45, 2.75) is 0 Å². The van der Waals surface area contributed by atoms with Crippen LogP contribution in [0, 0.1) is 6.20 Å².